The van der Waals surface area contributed by atoms with E-state index in [1.165, 1.54) is 24.8 Å². The average molecular weight is 249 g/mol. The number of aryl methyl sites for hydroxylation is 1. The quantitative estimate of drug-likeness (QED) is 0.642. The van der Waals surface area contributed by atoms with E-state index in [0.29, 0.717) is 6.04 Å². The molecule has 102 valence electrons. The van der Waals surface area contributed by atoms with E-state index in [1.54, 1.807) is 0 Å². The second-order valence-electron chi connectivity index (χ2n) is 4.76. The molecule has 1 unspecified atom stereocenters. The zero-order valence-electron chi connectivity index (χ0n) is 11.8. The van der Waals surface area contributed by atoms with Gasteiger partial charge in [0.15, 0.2) is 0 Å². The van der Waals surface area contributed by atoms with Crippen LogP contribution < -0.4 is 5.32 Å². The monoisotopic (exact) mass is 249 g/mol. The molecule has 0 radical (unpaired) electrons. The lowest BCUT2D eigenvalue weighted by Gasteiger charge is -2.16. The topological polar surface area (TPSA) is 21.3 Å². The Kier molecular flexibility index (Phi) is 8.53. The first-order chi connectivity index (χ1) is 8.86. The summed E-state index contributed by atoms with van der Waals surface area (Å²) < 4.78 is 5.62. The Bertz CT molecular complexity index is 286. The third kappa shape index (κ3) is 6.77. The summed E-state index contributed by atoms with van der Waals surface area (Å²) in [7, 11) is 2.04. The van der Waals surface area contributed by atoms with Gasteiger partial charge in [-0.05, 0) is 38.3 Å². The van der Waals surface area contributed by atoms with E-state index in [-0.39, 0.29) is 0 Å². The van der Waals surface area contributed by atoms with Crippen molar-refractivity contribution < 1.29 is 4.74 Å². The molecule has 1 aromatic rings. The van der Waals surface area contributed by atoms with Gasteiger partial charge in [0, 0.05) is 19.3 Å². The molecular weight excluding hydrogens is 222 g/mol. The number of hydrogen-bond donors (Lipinski definition) is 1. The highest BCUT2D eigenvalue weighted by Gasteiger charge is 2.06. The van der Waals surface area contributed by atoms with Crippen LogP contribution in [0, 0.1) is 0 Å². The maximum Gasteiger partial charge on any atom is 0.0480 e. The standard InChI is InChI=1S/C16H27NO/c1-3-4-13-18-14-12-16(17-2)11-10-15-8-6-5-7-9-15/h5-9,16-17H,3-4,10-14H2,1-2H3. The Morgan fingerprint density at radius 1 is 1.11 bits per heavy atom. The van der Waals surface area contributed by atoms with Gasteiger partial charge < -0.3 is 10.1 Å². The molecule has 0 aliphatic rings. The Labute approximate surface area is 112 Å². The minimum atomic E-state index is 0.562. The fourth-order valence-electron chi connectivity index (χ4n) is 1.99. The lowest BCUT2D eigenvalue weighted by molar-refractivity contribution is 0.121. The van der Waals surface area contributed by atoms with Gasteiger partial charge in [0.2, 0.25) is 0 Å². The maximum absolute atomic E-state index is 5.62. The highest BCUT2D eigenvalue weighted by atomic mass is 16.5. The van der Waals surface area contributed by atoms with Crippen molar-refractivity contribution >= 4 is 0 Å². The van der Waals surface area contributed by atoms with Gasteiger partial charge >= 0.3 is 0 Å². The van der Waals surface area contributed by atoms with Crippen LogP contribution in [0.15, 0.2) is 30.3 Å². The Balaban J connectivity index is 2.13. The highest BCUT2D eigenvalue weighted by Crippen LogP contribution is 2.07. The Morgan fingerprint density at radius 3 is 2.56 bits per heavy atom. The molecule has 1 aromatic carbocycles. The summed E-state index contributed by atoms with van der Waals surface area (Å²) >= 11 is 0. The van der Waals surface area contributed by atoms with Crippen molar-refractivity contribution in [2.75, 3.05) is 20.3 Å². The third-order valence-corrected chi connectivity index (χ3v) is 3.29. The molecule has 1 N–H and O–H groups in total. The van der Waals surface area contributed by atoms with E-state index < -0.39 is 0 Å². The molecule has 2 heteroatoms. The van der Waals surface area contributed by atoms with Crippen molar-refractivity contribution in [3.8, 4) is 0 Å². The number of unbranched alkanes of at least 4 members (excludes halogenated alkanes) is 1. The first-order valence-corrected chi connectivity index (χ1v) is 7.15. The second-order valence-corrected chi connectivity index (χ2v) is 4.76. The molecular formula is C16H27NO. The molecule has 0 saturated heterocycles. The van der Waals surface area contributed by atoms with Gasteiger partial charge in [-0.15, -0.1) is 0 Å². The SMILES string of the molecule is CCCCOCCC(CCc1ccccc1)NC. The van der Waals surface area contributed by atoms with Crippen LogP contribution in [0.4, 0.5) is 0 Å². The van der Waals surface area contributed by atoms with Gasteiger partial charge in [-0.3, -0.25) is 0 Å². The fourth-order valence-corrected chi connectivity index (χ4v) is 1.99. The van der Waals surface area contributed by atoms with Gasteiger partial charge in [0.05, 0.1) is 0 Å². The van der Waals surface area contributed by atoms with Gasteiger partial charge in [-0.25, -0.2) is 0 Å². The third-order valence-electron chi connectivity index (χ3n) is 3.29. The summed E-state index contributed by atoms with van der Waals surface area (Å²) in [4.78, 5) is 0. The molecule has 0 spiro atoms. The summed E-state index contributed by atoms with van der Waals surface area (Å²) in [5.74, 6) is 0. The molecule has 0 saturated carbocycles. The molecule has 0 heterocycles. The minimum Gasteiger partial charge on any atom is -0.381 e. The van der Waals surface area contributed by atoms with E-state index in [9.17, 15) is 0 Å². The molecule has 0 bridgehead atoms. The molecule has 1 rings (SSSR count). The van der Waals surface area contributed by atoms with Crippen LogP contribution in [0.5, 0.6) is 0 Å². The normalized spacial score (nSPS) is 12.6. The van der Waals surface area contributed by atoms with E-state index in [0.717, 1.165) is 26.1 Å². The van der Waals surface area contributed by atoms with Crippen LogP contribution in [0.3, 0.4) is 0 Å². The number of benzene rings is 1. The smallest absolute Gasteiger partial charge is 0.0480 e. The summed E-state index contributed by atoms with van der Waals surface area (Å²) in [6.07, 6.45) is 5.81. The van der Waals surface area contributed by atoms with Crippen LogP contribution in [0.25, 0.3) is 0 Å². The van der Waals surface area contributed by atoms with Crippen molar-refractivity contribution in [2.24, 2.45) is 0 Å². The zero-order valence-corrected chi connectivity index (χ0v) is 11.8. The number of ether oxygens (including phenoxy) is 1. The summed E-state index contributed by atoms with van der Waals surface area (Å²) in [6.45, 7) is 3.98. The zero-order chi connectivity index (χ0) is 13.1. The minimum absolute atomic E-state index is 0.562. The molecule has 0 aromatic heterocycles. The number of rotatable bonds is 10. The van der Waals surface area contributed by atoms with Gasteiger partial charge in [0.1, 0.15) is 0 Å². The largest absolute Gasteiger partial charge is 0.381 e. The lowest BCUT2D eigenvalue weighted by Crippen LogP contribution is -2.27. The van der Waals surface area contributed by atoms with Crippen molar-refractivity contribution in [3.05, 3.63) is 35.9 Å². The highest BCUT2D eigenvalue weighted by molar-refractivity contribution is 5.14. The first kappa shape index (κ1) is 15.2. The number of nitrogens with one attached hydrogen (secondary N) is 1. The first-order valence-electron chi connectivity index (χ1n) is 7.15. The van der Waals surface area contributed by atoms with Crippen LogP contribution in [-0.2, 0) is 11.2 Å². The Morgan fingerprint density at radius 2 is 1.89 bits per heavy atom. The van der Waals surface area contributed by atoms with E-state index >= 15 is 0 Å². The molecule has 0 aliphatic heterocycles. The fraction of sp³-hybridized carbons (Fsp3) is 0.625. The predicted molar refractivity (Wildman–Crippen MR) is 78.0 cm³/mol. The number of hydrogen-bond acceptors (Lipinski definition) is 2. The Hall–Kier alpha value is -0.860. The summed E-state index contributed by atoms with van der Waals surface area (Å²) in [5, 5.41) is 3.38. The lowest BCUT2D eigenvalue weighted by atomic mass is 10.0. The van der Waals surface area contributed by atoms with Crippen molar-refractivity contribution in [2.45, 2.75) is 45.1 Å². The molecule has 18 heavy (non-hydrogen) atoms. The summed E-state index contributed by atoms with van der Waals surface area (Å²) in [5.41, 5.74) is 1.42. The van der Waals surface area contributed by atoms with Crippen LogP contribution >= 0.6 is 0 Å². The molecule has 0 amide bonds. The van der Waals surface area contributed by atoms with E-state index in [4.69, 9.17) is 4.74 Å². The summed E-state index contributed by atoms with van der Waals surface area (Å²) in [6, 6.07) is 11.2. The van der Waals surface area contributed by atoms with Crippen molar-refractivity contribution in [1.82, 2.24) is 5.32 Å². The van der Waals surface area contributed by atoms with Gasteiger partial charge in [0.25, 0.3) is 0 Å². The average Bonchev–Trinajstić information content (AvgIpc) is 2.43. The van der Waals surface area contributed by atoms with Crippen molar-refractivity contribution in [1.29, 1.82) is 0 Å². The second kappa shape index (κ2) is 10.1. The van der Waals surface area contributed by atoms with Crippen LogP contribution in [0.2, 0.25) is 0 Å². The van der Waals surface area contributed by atoms with E-state index in [2.05, 4.69) is 42.6 Å². The van der Waals surface area contributed by atoms with Crippen molar-refractivity contribution in [3.63, 3.8) is 0 Å². The maximum atomic E-state index is 5.62. The molecule has 2 nitrogen and oxygen atoms in total. The molecule has 0 aliphatic carbocycles. The molecule has 1 atom stereocenters. The molecule has 0 fully saturated rings. The van der Waals surface area contributed by atoms with E-state index in [1.807, 2.05) is 7.05 Å². The van der Waals surface area contributed by atoms with Gasteiger partial charge in [-0.1, -0.05) is 43.7 Å². The van der Waals surface area contributed by atoms with Gasteiger partial charge in [-0.2, -0.15) is 0 Å². The van der Waals surface area contributed by atoms with Crippen LogP contribution in [-0.4, -0.2) is 26.3 Å². The predicted octanol–water partition coefficient (Wildman–Crippen LogP) is 3.41. The van der Waals surface area contributed by atoms with Crippen LogP contribution in [0.1, 0.15) is 38.2 Å².